The third-order valence-corrected chi connectivity index (χ3v) is 2.48. The summed E-state index contributed by atoms with van der Waals surface area (Å²) in [6.07, 6.45) is 4.46. The van der Waals surface area contributed by atoms with E-state index in [9.17, 15) is 4.79 Å². The van der Waals surface area contributed by atoms with Crippen LogP contribution < -0.4 is 5.32 Å². The fourth-order valence-electron chi connectivity index (χ4n) is 2.37. The third-order valence-electron chi connectivity index (χ3n) is 2.48. The van der Waals surface area contributed by atoms with Crippen molar-refractivity contribution in [1.82, 2.24) is 20.1 Å². The summed E-state index contributed by atoms with van der Waals surface area (Å²) in [5.74, 6) is 0.0553. The molecule has 102 valence electrons. The van der Waals surface area contributed by atoms with Gasteiger partial charge in [-0.05, 0) is 25.7 Å². The van der Waals surface area contributed by atoms with Crippen molar-refractivity contribution in [3.8, 4) is 0 Å². The number of carbonyl (C=O) groups excluding carboxylic acids is 1. The predicted octanol–water partition coefficient (Wildman–Crippen LogP) is 2.00. The summed E-state index contributed by atoms with van der Waals surface area (Å²) in [6.45, 7) is 11.2. The Labute approximate surface area is 109 Å². The molecule has 0 aliphatic rings. The molecule has 0 aliphatic heterocycles. The van der Waals surface area contributed by atoms with Crippen LogP contribution in [-0.4, -0.2) is 26.2 Å². The van der Waals surface area contributed by atoms with Gasteiger partial charge in [-0.15, -0.1) is 0 Å². The SMILES string of the molecule is CC(C)(C)CC(C)(C)NC(=O)CCn1cncn1. The molecule has 0 bridgehead atoms. The summed E-state index contributed by atoms with van der Waals surface area (Å²) in [7, 11) is 0. The number of rotatable bonds is 5. The number of hydrogen-bond donors (Lipinski definition) is 1. The first-order chi connectivity index (χ1) is 8.18. The van der Waals surface area contributed by atoms with Crippen molar-refractivity contribution in [3.05, 3.63) is 12.7 Å². The molecule has 1 amide bonds. The minimum Gasteiger partial charge on any atom is -0.351 e. The maximum atomic E-state index is 11.9. The second kappa shape index (κ2) is 5.50. The summed E-state index contributed by atoms with van der Waals surface area (Å²) in [5.41, 5.74) is 0.0143. The number of amides is 1. The van der Waals surface area contributed by atoms with Crippen molar-refractivity contribution in [1.29, 1.82) is 0 Å². The monoisotopic (exact) mass is 252 g/mol. The highest BCUT2D eigenvalue weighted by Gasteiger charge is 2.26. The lowest BCUT2D eigenvalue weighted by Gasteiger charge is -2.33. The lowest BCUT2D eigenvalue weighted by atomic mass is 9.82. The number of carbonyl (C=O) groups is 1. The summed E-state index contributed by atoms with van der Waals surface area (Å²) in [6, 6.07) is 0. The van der Waals surface area contributed by atoms with Crippen LogP contribution >= 0.6 is 0 Å². The average molecular weight is 252 g/mol. The number of aromatic nitrogens is 3. The molecule has 0 unspecified atom stereocenters. The summed E-state index contributed by atoms with van der Waals surface area (Å²) in [4.78, 5) is 15.7. The average Bonchev–Trinajstić information content (AvgIpc) is 2.61. The van der Waals surface area contributed by atoms with Gasteiger partial charge in [-0.1, -0.05) is 20.8 Å². The van der Waals surface area contributed by atoms with E-state index >= 15 is 0 Å². The van der Waals surface area contributed by atoms with Gasteiger partial charge in [0.25, 0.3) is 0 Å². The molecule has 18 heavy (non-hydrogen) atoms. The maximum Gasteiger partial charge on any atom is 0.222 e. The second-order valence-corrected chi connectivity index (χ2v) is 6.58. The standard InChI is InChI=1S/C13H24N4O/c1-12(2,3)8-13(4,5)16-11(18)6-7-17-10-14-9-15-17/h9-10H,6-8H2,1-5H3,(H,16,18). The Morgan fingerprint density at radius 2 is 1.94 bits per heavy atom. The van der Waals surface area contributed by atoms with Crippen LogP contribution in [0.4, 0.5) is 0 Å². The Morgan fingerprint density at radius 3 is 2.44 bits per heavy atom. The fourth-order valence-corrected chi connectivity index (χ4v) is 2.37. The van der Waals surface area contributed by atoms with E-state index in [1.165, 1.54) is 6.33 Å². The van der Waals surface area contributed by atoms with E-state index < -0.39 is 0 Å². The van der Waals surface area contributed by atoms with Gasteiger partial charge in [0.15, 0.2) is 0 Å². The van der Waals surface area contributed by atoms with Crippen LogP contribution in [0.2, 0.25) is 0 Å². The highest BCUT2D eigenvalue weighted by atomic mass is 16.1. The second-order valence-electron chi connectivity index (χ2n) is 6.58. The van der Waals surface area contributed by atoms with Gasteiger partial charge in [-0.3, -0.25) is 9.48 Å². The third kappa shape index (κ3) is 5.80. The zero-order chi connectivity index (χ0) is 13.8. The molecule has 0 aliphatic carbocycles. The topological polar surface area (TPSA) is 59.8 Å². The van der Waals surface area contributed by atoms with Crippen molar-refractivity contribution in [2.75, 3.05) is 0 Å². The molecule has 5 heteroatoms. The van der Waals surface area contributed by atoms with Crippen molar-refractivity contribution >= 4 is 5.91 Å². The molecule has 0 saturated carbocycles. The lowest BCUT2D eigenvalue weighted by molar-refractivity contribution is -0.123. The first-order valence-electron chi connectivity index (χ1n) is 6.31. The normalized spacial score (nSPS) is 12.5. The van der Waals surface area contributed by atoms with Gasteiger partial charge in [0.2, 0.25) is 5.91 Å². The van der Waals surface area contributed by atoms with Crippen molar-refractivity contribution in [2.24, 2.45) is 5.41 Å². The van der Waals surface area contributed by atoms with Gasteiger partial charge in [0.1, 0.15) is 12.7 Å². The summed E-state index contributed by atoms with van der Waals surface area (Å²) >= 11 is 0. The quantitative estimate of drug-likeness (QED) is 0.872. The summed E-state index contributed by atoms with van der Waals surface area (Å²) < 4.78 is 1.66. The minimum atomic E-state index is -0.183. The number of aryl methyl sites for hydroxylation is 1. The molecule has 1 aromatic heterocycles. The Bertz CT molecular complexity index is 376. The Morgan fingerprint density at radius 1 is 1.28 bits per heavy atom. The van der Waals surface area contributed by atoms with Gasteiger partial charge in [0.05, 0.1) is 6.54 Å². The molecule has 1 heterocycles. The van der Waals surface area contributed by atoms with Gasteiger partial charge in [-0.25, -0.2) is 4.98 Å². The van der Waals surface area contributed by atoms with Gasteiger partial charge in [-0.2, -0.15) is 5.10 Å². The summed E-state index contributed by atoms with van der Waals surface area (Å²) in [5, 5.41) is 7.04. The molecular formula is C13H24N4O. The Hall–Kier alpha value is -1.39. The van der Waals surface area contributed by atoms with Crippen molar-refractivity contribution in [2.45, 2.75) is 59.5 Å². The van der Waals surface area contributed by atoms with Gasteiger partial charge in [0, 0.05) is 12.0 Å². The molecular weight excluding hydrogens is 228 g/mol. The van der Waals surface area contributed by atoms with Crippen LogP contribution in [-0.2, 0) is 11.3 Å². The molecule has 0 aromatic carbocycles. The smallest absolute Gasteiger partial charge is 0.222 e. The zero-order valence-corrected chi connectivity index (χ0v) is 12.0. The van der Waals surface area contributed by atoms with Crippen LogP contribution in [0.25, 0.3) is 0 Å². The Balaban J connectivity index is 2.39. The largest absolute Gasteiger partial charge is 0.351 e. The number of nitrogens with zero attached hydrogens (tertiary/aromatic N) is 3. The van der Waals surface area contributed by atoms with E-state index in [-0.39, 0.29) is 16.9 Å². The van der Waals surface area contributed by atoms with Gasteiger partial charge < -0.3 is 5.32 Å². The molecule has 5 nitrogen and oxygen atoms in total. The molecule has 0 spiro atoms. The van der Waals surface area contributed by atoms with Crippen LogP contribution in [0.15, 0.2) is 12.7 Å². The van der Waals surface area contributed by atoms with Crippen LogP contribution in [0.5, 0.6) is 0 Å². The molecule has 0 fully saturated rings. The van der Waals surface area contributed by atoms with E-state index in [4.69, 9.17) is 0 Å². The number of nitrogens with one attached hydrogen (secondary N) is 1. The highest BCUT2D eigenvalue weighted by molar-refractivity contribution is 5.76. The lowest BCUT2D eigenvalue weighted by Crippen LogP contribution is -2.46. The molecule has 0 saturated heterocycles. The minimum absolute atomic E-state index is 0.0553. The van der Waals surface area contributed by atoms with E-state index in [1.807, 2.05) is 0 Å². The highest BCUT2D eigenvalue weighted by Crippen LogP contribution is 2.26. The predicted molar refractivity (Wildman–Crippen MR) is 70.9 cm³/mol. The molecule has 0 radical (unpaired) electrons. The van der Waals surface area contributed by atoms with Crippen LogP contribution in [0.3, 0.4) is 0 Å². The molecule has 0 atom stereocenters. The van der Waals surface area contributed by atoms with Gasteiger partial charge >= 0.3 is 0 Å². The number of hydrogen-bond acceptors (Lipinski definition) is 3. The van der Waals surface area contributed by atoms with Crippen LogP contribution in [0.1, 0.15) is 47.5 Å². The maximum absolute atomic E-state index is 11.9. The van der Waals surface area contributed by atoms with E-state index in [0.717, 1.165) is 6.42 Å². The van der Waals surface area contributed by atoms with E-state index in [2.05, 4.69) is 50.0 Å². The molecule has 1 rings (SSSR count). The van der Waals surface area contributed by atoms with E-state index in [0.29, 0.717) is 13.0 Å². The fraction of sp³-hybridized carbons (Fsp3) is 0.769. The molecule has 1 N–H and O–H groups in total. The van der Waals surface area contributed by atoms with Crippen molar-refractivity contribution < 1.29 is 4.79 Å². The van der Waals surface area contributed by atoms with E-state index in [1.54, 1.807) is 11.0 Å². The molecule has 1 aromatic rings. The van der Waals surface area contributed by atoms with Crippen molar-refractivity contribution in [3.63, 3.8) is 0 Å². The zero-order valence-electron chi connectivity index (χ0n) is 12.0. The Kier molecular flexibility index (Phi) is 4.48. The first kappa shape index (κ1) is 14.7. The first-order valence-corrected chi connectivity index (χ1v) is 6.31. The van der Waals surface area contributed by atoms with Crippen LogP contribution in [0, 0.1) is 5.41 Å².